The molecule has 6 nitrogen and oxygen atoms in total. The van der Waals surface area contributed by atoms with E-state index in [1.165, 1.54) is 4.88 Å². The first-order chi connectivity index (χ1) is 12.1. The Morgan fingerprint density at radius 3 is 2.36 bits per heavy atom. The number of aromatic nitrogens is 3. The van der Waals surface area contributed by atoms with E-state index in [0.717, 1.165) is 22.1 Å². The second kappa shape index (κ2) is 7.48. The van der Waals surface area contributed by atoms with Gasteiger partial charge in [0, 0.05) is 11.1 Å². The van der Waals surface area contributed by atoms with Crippen LogP contribution >= 0.6 is 11.3 Å². The highest BCUT2D eigenvalue weighted by molar-refractivity contribution is 7.11. The van der Waals surface area contributed by atoms with E-state index in [-0.39, 0.29) is 0 Å². The highest BCUT2D eigenvalue weighted by atomic mass is 32.1. The Balaban J connectivity index is 1.87. The van der Waals surface area contributed by atoms with E-state index in [1.807, 2.05) is 31.2 Å². The summed E-state index contributed by atoms with van der Waals surface area (Å²) in [5.74, 6) is 2.61. The molecule has 7 heteroatoms. The van der Waals surface area contributed by atoms with Gasteiger partial charge in [-0.15, -0.1) is 11.3 Å². The lowest BCUT2D eigenvalue weighted by atomic mass is 10.1. The highest BCUT2D eigenvalue weighted by Crippen LogP contribution is 2.36. The Kier molecular flexibility index (Phi) is 5.14. The molecule has 3 rings (SSSR count). The van der Waals surface area contributed by atoms with Crippen LogP contribution in [0.2, 0.25) is 0 Å². The molecule has 0 aliphatic heterocycles. The van der Waals surface area contributed by atoms with Gasteiger partial charge in [0.25, 0.3) is 0 Å². The molecule has 0 aliphatic rings. The Morgan fingerprint density at radius 2 is 1.76 bits per heavy atom. The minimum atomic E-state index is 0.547. The SMILES string of the molecule is COc1cccc(OC)c1-c1nccc(NCc2nc(C)c(C)s2)n1. The van der Waals surface area contributed by atoms with Crippen molar-refractivity contribution in [3.63, 3.8) is 0 Å². The number of nitrogens with zero attached hydrogens (tertiary/aromatic N) is 3. The zero-order valence-corrected chi connectivity index (χ0v) is 15.5. The van der Waals surface area contributed by atoms with Crippen molar-refractivity contribution in [2.24, 2.45) is 0 Å². The van der Waals surface area contributed by atoms with E-state index >= 15 is 0 Å². The third-order valence-corrected chi connectivity index (χ3v) is 4.87. The van der Waals surface area contributed by atoms with E-state index in [0.29, 0.717) is 23.9 Å². The zero-order valence-electron chi connectivity index (χ0n) is 14.7. The summed E-state index contributed by atoms with van der Waals surface area (Å²) >= 11 is 1.69. The highest BCUT2D eigenvalue weighted by Gasteiger charge is 2.15. The van der Waals surface area contributed by atoms with Crippen LogP contribution in [0.5, 0.6) is 11.5 Å². The second-order valence-electron chi connectivity index (χ2n) is 5.41. The third-order valence-electron chi connectivity index (χ3n) is 3.80. The van der Waals surface area contributed by atoms with Gasteiger partial charge in [-0.25, -0.2) is 15.0 Å². The fourth-order valence-electron chi connectivity index (χ4n) is 2.43. The molecule has 0 aliphatic carbocycles. The molecule has 2 heterocycles. The van der Waals surface area contributed by atoms with E-state index in [2.05, 4.69) is 27.2 Å². The minimum Gasteiger partial charge on any atom is -0.496 e. The molecule has 0 bridgehead atoms. The number of anilines is 1. The van der Waals surface area contributed by atoms with Gasteiger partial charge in [0.05, 0.1) is 26.5 Å². The molecule has 0 saturated carbocycles. The van der Waals surface area contributed by atoms with Crippen molar-refractivity contribution in [1.29, 1.82) is 0 Å². The molecule has 0 radical (unpaired) electrons. The summed E-state index contributed by atoms with van der Waals surface area (Å²) in [6, 6.07) is 7.43. The molecule has 1 N–H and O–H groups in total. The summed E-state index contributed by atoms with van der Waals surface area (Å²) in [5, 5.41) is 4.33. The van der Waals surface area contributed by atoms with Crippen LogP contribution in [0.4, 0.5) is 5.82 Å². The lowest BCUT2D eigenvalue weighted by Crippen LogP contribution is -2.03. The quantitative estimate of drug-likeness (QED) is 0.723. The monoisotopic (exact) mass is 356 g/mol. The number of aryl methyl sites for hydroxylation is 2. The fourth-order valence-corrected chi connectivity index (χ4v) is 3.30. The Hall–Kier alpha value is -2.67. The Labute approximate surface area is 150 Å². The number of methoxy groups -OCH3 is 2. The Bertz CT molecular complexity index is 838. The van der Waals surface area contributed by atoms with Crippen molar-refractivity contribution in [3.8, 4) is 22.9 Å². The zero-order chi connectivity index (χ0) is 17.8. The van der Waals surface area contributed by atoms with Crippen molar-refractivity contribution in [2.45, 2.75) is 20.4 Å². The van der Waals surface area contributed by atoms with Crippen LogP contribution in [0.1, 0.15) is 15.6 Å². The third kappa shape index (κ3) is 3.71. The van der Waals surface area contributed by atoms with Gasteiger partial charge in [0.1, 0.15) is 27.9 Å². The van der Waals surface area contributed by atoms with Crippen LogP contribution in [0.15, 0.2) is 30.5 Å². The minimum absolute atomic E-state index is 0.547. The van der Waals surface area contributed by atoms with Crippen molar-refractivity contribution in [2.75, 3.05) is 19.5 Å². The van der Waals surface area contributed by atoms with Crippen molar-refractivity contribution < 1.29 is 9.47 Å². The number of nitrogens with one attached hydrogen (secondary N) is 1. The molecular formula is C18H20N4O2S. The second-order valence-corrected chi connectivity index (χ2v) is 6.69. The van der Waals surface area contributed by atoms with E-state index in [1.54, 1.807) is 31.8 Å². The number of thiazole rings is 1. The lowest BCUT2D eigenvalue weighted by Gasteiger charge is -2.12. The molecular weight excluding hydrogens is 336 g/mol. The predicted octanol–water partition coefficient (Wildman–Crippen LogP) is 3.85. The molecule has 0 amide bonds. The van der Waals surface area contributed by atoms with Crippen LogP contribution in [0.25, 0.3) is 11.4 Å². The van der Waals surface area contributed by atoms with Crippen LogP contribution in [0, 0.1) is 13.8 Å². The van der Waals surface area contributed by atoms with Gasteiger partial charge in [0.15, 0.2) is 5.82 Å². The van der Waals surface area contributed by atoms with Gasteiger partial charge in [-0.1, -0.05) is 6.07 Å². The number of hydrogen-bond acceptors (Lipinski definition) is 7. The normalized spacial score (nSPS) is 10.6. The molecule has 130 valence electrons. The number of hydrogen-bond donors (Lipinski definition) is 1. The van der Waals surface area contributed by atoms with Crippen LogP contribution < -0.4 is 14.8 Å². The average Bonchev–Trinajstić information content (AvgIpc) is 2.97. The topological polar surface area (TPSA) is 69.2 Å². The standard InChI is InChI=1S/C18H20N4O2S/c1-11-12(2)25-16(21-11)10-20-15-8-9-19-18(22-15)17-13(23-3)6-5-7-14(17)24-4/h5-9H,10H2,1-4H3,(H,19,20,22). The smallest absolute Gasteiger partial charge is 0.169 e. The number of rotatable bonds is 6. The van der Waals surface area contributed by atoms with Gasteiger partial charge in [-0.2, -0.15) is 0 Å². The summed E-state index contributed by atoms with van der Waals surface area (Å²) in [6.45, 7) is 4.72. The predicted molar refractivity (Wildman–Crippen MR) is 99.5 cm³/mol. The van der Waals surface area contributed by atoms with Crippen molar-refractivity contribution in [3.05, 3.63) is 46.0 Å². The van der Waals surface area contributed by atoms with Crippen LogP contribution in [0.3, 0.4) is 0 Å². The molecule has 0 atom stereocenters. The molecule has 0 unspecified atom stereocenters. The van der Waals surface area contributed by atoms with Gasteiger partial charge < -0.3 is 14.8 Å². The number of ether oxygens (including phenoxy) is 2. The van der Waals surface area contributed by atoms with E-state index in [4.69, 9.17) is 9.47 Å². The van der Waals surface area contributed by atoms with Gasteiger partial charge in [-0.3, -0.25) is 0 Å². The molecule has 2 aromatic heterocycles. The fraction of sp³-hybridized carbons (Fsp3) is 0.278. The summed E-state index contributed by atoms with van der Waals surface area (Å²) in [5.41, 5.74) is 1.81. The largest absolute Gasteiger partial charge is 0.496 e. The van der Waals surface area contributed by atoms with Crippen LogP contribution in [-0.2, 0) is 6.54 Å². The molecule has 0 saturated heterocycles. The first-order valence-electron chi connectivity index (χ1n) is 7.83. The summed E-state index contributed by atoms with van der Waals surface area (Å²) in [7, 11) is 3.24. The summed E-state index contributed by atoms with van der Waals surface area (Å²) < 4.78 is 10.9. The summed E-state index contributed by atoms with van der Waals surface area (Å²) in [6.07, 6.45) is 1.72. The van der Waals surface area contributed by atoms with Crippen LogP contribution in [-0.4, -0.2) is 29.2 Å². The molecule has 25 heavy (non-hydrogen) atoms. The lowest BCUT2D eigenvalue weighted by molar-refractivity contribution is 0.397. The molecule has 1 aromatic carbocycles. The first-order valence-corrected chi connectivity index (χ1v) is 8.65. The average molecular weight is 356 g/mol. The maximum atomic E-state index is 5.44. The van der Waals surface area contributed by atoms with Crippen molar-refractivity contribution >= 4 is 17.2 Å². The molecule has 0 fully saturated rings. The van der Waals surface area contributed by atoms with E-state index in [9.17, 15) is 0 Å². The van der Waals surface area contributed by atoms with Crippen molar-refractivity contribution in [1.82, 2.24) is 15.0 Å². The maximum absolute atomic E-state index is 5.44. The van der Waals surface area contributed by atoms with Gasteiger partial charge in [0.2, 0.25) is 0 Å². The number of benzene rings is 1. The molecule has 0 spiro atoms. The van der Waals surface area contributed by atoms with E-state index < -0.39 is 0 Å². The first kappa shape index (κ1) is 17.2. The maximum Gasteiger partial charge on any atom is 0.169 e. The molecule has 3 aromatic rings. The summed E-state index contributed by atoms with van der Waals surface area (Å²) in [4.78, 5) is 14.7. The Morgan fingerprint density at radius 1 is 1.04 bits per heavy atom. The van der Waals surface area contributed by atoms with Gasteiger partial charge >= 0.3 is 0 Å². The van der Waals surface area contributed by atoms with Gasteiger partial charge in [-0.05, 0) is 32.0 Å².